The van der Waals surface area contributed by atoms with Gasteiger partial charge < -0.3 is 10.1 Å². The lowest BCUT2D eigenvalue weighted by Gasteiger charge is -2.19. The zero-order chi connectivity index (χ0) is 19.0. The van der Waals surface area contributed by atoms with E-state index < -0.39 is 5.60 Å². The van der Waals surface area contributed by atoms with E-state index in [4.69, 9.17) is 4.74 Å². The highest BCUT2D eigenvalue weighted by Crippen LogP contribution is 2.07. The maximum atomic E-state index is 11.8. The molecule has 26 heavy (non-hydrogen) atoms. The molecular formula is C21H32N3O2+. The number of rotatable bonds is 8. The Morgan fingerprint density at radius 2 is 1.96 bits per heavy atom. The average molecular weight is 359 g/mol. The van der Waals surface area contributed by atoms with Gasteiger partial charge in [0.15, 0.2) is 0 Å². The molecule has 5 nitrogen and oxygen atoms in total. The van der Waals surface area contributed by atoms with Gasteiger partial charge >= 0.3 is 6.09 Å². The first kappa shape index (κ1) is 20.0. The monoisotopic (exact) mass is 358 g/mol. The molecule has 1 amide bonds. The molecule has 2 rings (SSSR count). The van der Waals surface area contributed by atoms with E-state index in [-0.39, 0.29) is 6.09 Å². The number of hydrogen-bond donors (Lipinski definition) is 1. The average Bonchev–Trinajstić information content (AvgIpc) is 2.94. The van der Waals surface area contributed by atoms with Gasteiger partial charge in [-0.2, -0.15) is 0 Å². The van der Waals surface area contributed by atoms with Crippen molar-refractivity contribution in [2.24, 2.45) is 0 Å². The second kappa shape index (κ2) is 9.41. The van der Waals surface area contributed by atoms with Gasteiger partial charge in [-0.05, 0) is 32.8 Å². The Morgan fingerprint density at radius 3 is 2.62 bits per heavy atom. The van der Waals surface area contributed by atoms with Gasteiger partial charge in [-0.25, -0.2) is 13.9 Å². The molecule has 1 aromatic heterocycles. The Bertz CT molecular complexity index is 687. The largest absolute Gasteiger partial charge is 0.444 e. The molecule has 0 aliphatic heterocycles. The van der Waals surface area contributed by atoms with Crippen LogP contribution in [0.4, 0.5) is 4.79 Å². The van der Waals surface area contributed by atoms with Crippen molar-refractivity contribution in [2.45, 2.75) is 65.6 Å². The summed E-state index contributed by atoms with van der Waals surface area (Å²) in [6.45, 7) is 10.2. The van der Waals surface area contributed by atoms with Crippen molar-refractivity contribution in [3.05, 3.63) is 54.1 Å². The zero-order valence-corrected chi connectivity index (χ0v) is 16.5. The number of aromatic nitrogens is 2. The molecule has 5 heteroatoms. The quantitative estimate of drug-likeness (QED) is 0.732. The number of unbranched alkanes of at least 4 members (excludes halogenated alkanes) is 1. The normalized spacial score (nSPS) is 11.4. The number of nitrogens with one attached hydrogen (secondary N) is 1. The highest BCUT2D eigenvalue weighted by atomic mass is 16.6. The van der Waals surface area contributed by atoms with Crippen LogP contribution in [0.25, 0.3) is 0 Å². The van der Waals surface area contributed by atoms with Crippen LogP contribution in [0.15, 0.2) is 42.9 Å². The summed E-state index contributed by atoms with van der Waals surface area (Å²) in [6.07, 6.45) is 7.08. The number of hydrogen-bond acceptors (Lipinski definition) is 2. The molecule has 0 radical (unpaired) electrons. The molecule has 1 aromatic carbocycles. The molecule has 0 fully saturated rings. The van der Waals surface area contributed by atoms with Crippen LogP contribution in [0.5, 0.6) is 0 Å². The summed E-state index contributed by atoms with van der Waals surface area (Å²) in [7, 11) is 0. The number of aryl methyl sites for hydroxylation is 1. The van der Waals surface area contributed by atoms with E-state index in [1.54, 1.807) is 0 Å². The molecule has 0 aliphatic carbocycles. The Balaban J connectivity index is 1.97. The van der Waals surface area contributed by atoms with Crippen LogP contribution in [0, 0.1) is 0 Å². The highest BCUT2D eigenvalue weighted by Gasteiger charge is 2.17. The predicted molar refractivity (Wildman–Crippen MR) is 103 cm³/mol. The molecule has 0 saturated carbocycles. The third-order valence-corrected chi connectivity index (χ3v) is 3.98. The fourth-order valence-corrected chi connectivity index (χ4v) is 2.78. The number of carbonyl (C=O) groups is 1. The number of amides is 1. The second-order valence-electron chi connectivity index (χ2n) is 7.62. The minimum absolute atomic E-state index is 0.360. The topological polar surface area (TPSA) is 47.1 Å². The molecule has 0 spiro atoms. The van der Waals surface area contributed by atoms with Crippen molar-refractivity contribution in [3.8, 4) is 0 Å². The molecule has 0 aliphatic rings. The first-order chi connectivity index (χ1) is 12.4. The van der Waals surface area contributed by atoms with E-state index in [9.17, 15) is 4.79 Å². The Labute approximate surface area is 157 Å². The molecule has 1 heterocycles. The number of alkyl carbamates (subject to hydrolysis) is 1. The zero-order valence-electron chi connectivity index (χ0n) is 16.5. The lowest BCUT2D eigenvalue weighted by molar-refractivity contribution is -0.688. The number of imidazole rings is 1. The first-order valence-corrected chi connectivity index (χ1v) is 9.46. The summed E-state index contributed by atoms with van der Waals surface area (Å²) in [6, 6.07) is 10.4. The Kier molecular flexibility index (Phi) is 7.25. The van der Waals surface area contributed by atoms with E-state index in [2.05, 4.69) is 58.2 Å². The fourth-order valence-electron chi connectivity index (χ4n) is 2.78. The Hall–Kier alpha value is -2.30. The maximum Gasteiger partial charge on any atom is 0.407 e. The van der Waals surface area contributed by atoms with Crippen molar-refractivity contribution in [1.29, 1.82) is 0 Å². The van der Waals surface area contributed by atoms with Crippen LogP contribution in [-0.2, 0) is 24.2 Å². The maximum absolute atomic E-state index is 11.8. The van der Waals surface area contributed by atoms with Crippen molar-refractivity contribution < 1.29 is 14.1 Å². The van der Waals surface area contributed by atoms with Gasteiger partial charge in [-0.15, -0.1) is 0 Å². The van der Waals surface area contributed by atoms with Gasteiger partial charge in [0, 0.05) is 13.0 Å². The molecule has 0 atom stereocenters. The number of nitrogens with zero attached hydrogens (tertiary/aromatic N) is 2. The van der Waals surface area contributed by atoms with Crippen LogP contribution < -0.4 is 9.88 Å². The summed E-state index contributed by atoms with van der Waals surface area (Å²) < 4.78 is 9.80. The highest BCUT2D eigenvalue weighted by molar-refractivity contribution is 5.67. The third kappa shape index (κ3) is 6.90. The molecule has 0 saturated heterocycles. The van der Waals surface area contributed by atoms with Gasteiger partial charge in [0.1, 0.15) is 24.0 Å². The molecule has 0 bridgehead atoms. The Morgan fingerprint density at radius 1 is 1.23 bits per heavy atom. The van der Waals surface area contributed by atoms with Crippen molar-refractivity contribution in [2.75, 3.05) is 6.54 Å². The summed E-state index contributed by atoms with van der Waals surface area (Å²) in [5, 5.41) is 2.85. The van der Waals surface area contributed by atoms with Crippen molar-refractivity contribution in [1.82, 2.24) is 9.88 Å². The molecule has 2 aromatic rings. The minimum Gasteiger partial charge on any atom is -0.444 e. The summed E-state index contributed by atoms with van der Waals surface area (Å²) in [5.41, 5.74) is 2.04. The first-order valence-electron chi connectivity index (χ1n) is 9.46. The molecule has 142 valence electrons. The SMILES string of the molecule is CCCCn1c[n+](Cc2ccccc2)cc1CCNC(=O)OC(C)(C)C. The van der Waals surface area contributed by atoms with E-state index >= 15 is 0 Å². The molecule has 1 N–H and O–H groups in total. The van der Waals surface area contributed by atoms with Crippen LogP contribution in [0.1, 0.15) is 51.8 Å². The third-order valence-electron chi connectivity index (χ3n) is 3.98. The lowest BCUT2D eigenvalue weighted by Crippen LogP contribution is -2.33. The number of carbonyl (C=O) groups excluding carboxylic acids is 1. The van der Waals surface area contributed by atoms with Crippen LogP contribution in [-0.4, -0.2) is 22.8 Å². The smallest absolute Gasteiger partial charge is 0.407 e. The van der Waals surface area contributed by atoms with Crippen molar-refractivity contribution >= 4 is 6.09 Å². The predicted octanol–water partition coefficient (Wildman–Crippen LogP) is 3.69. The fraction of sp³-hybridized carbons (Fsp3) is 0.524. The summed E-state index contributed by atoms with van der Waals surface area (Å²) >= 11 is 0. The number of benzene rings is 1. The summed E-state index contributed by atoms with van der Waals surface area (Å²) in [4.78, 5) is 11.8. The van der Waals surface area contributed by atoms with Crippen molar-refractivity contribution in [3.63, 3.8) is 0 Å². The van der Waals surface area contributed by atoms with Gasteiger partial charge in [0.25, 0.3) is 0 Å². The standard InChI is InChI=1S/C21H31N3O2/c1-5-6-14-24-17-23(15-18-10-8-7-9-11-18)16-19(24)12-13-22-20(25)26-21(2,3)4/h7-11,16-17H,5-6,12-15H2,1-4H3/p+1. The van der Waals surface area contributed by atoms with E-state index in [0.717, 1.165) is 32.4 Å². The van der Waals surface area contributed by atoms with Crippen LogP contribution in [0.3, 0.4) is 0 Å². The van der Waals surface area contributed by atoms with E-state index in [0.29, 0.717) is 6.54 Å². The van der Waals surface area contributed by atoms with Crippen LogP contribution in [0.2, 0.25) is 0 Å². The van der Waals surface area contributed by atoms with Gasteiger partial charge in [0.2, 0.25) is 6.33 Å². The van der Waals surface area contributed by atoms with Gasteiger partial charge in [-0.3, -0.25) is 0 Å². The minimum atomic E-state index is -0.468. The summed E-state index contributed by atoms with van der Waals surface area (Å²) in [5.74, 6) is 0. The van der Waals surface area contributed by atoms with E-state index in [1.165, 1.54) is 11.3 Å². The van der Waals surface area contributed by atoms with E-state index in [1.807, 2.05) is 26.8 Å². The molecule has 0 unspecified atom stereocenters. The lowest BCUT2D eigenvalue weighted by atomic mass is 10.2. The van der Waals surface area contributed by atoms with Gasteiger partial charge in [-0.1, -0.05) is 43.7 Å². The second-order valence-corrected chi connectivity index (χ2v) is 7.62. The van der Waals surface area contributed by atoms with Crippen LogP contribution >= 0.6 is 0 Å². The molecular weight excluding hydrogens is 326 g/mol. The van der Waals surface area contributed by atoms with Gasteiger partial charge in [0.05, 0.1) is 6.54 Å². The number of ether oxygens (including phenoxy) is 1.